The number of methoxy groups -OCH3 is 2. The number of nitrogens with one attached hydrogen (secondary N) is 1. The van der Waals surface area contributed by atoms with Crippen LogP contribution in [0.5, 0.6) is 11.5 Å². The van der Waals surface area contributed by atoms with Gasteiger partial charge >= 0.3 is 0 Å². The van der Waals surface area contributed by atoms with Crippen LogP contribution in [0.4, 0.5) is 5.69 Å². The molecular weight excluding hydrogens is 368 g/mol. The third-order valence-corrected chi connectivity index (χ3v) is 4.57. The number of hydrogen-bond donors (Lipinski definition) is 1. The summed E-state index contributed by atoms with van der Waals surface area (Å²) in [5.41, 5.74) is 4.33. The van der Waals surface area contributed by atoms with E-state index in [0.717, 1.165) is 11.3 Å². The zero-order valence-corrected chi connectivity index (χ0v) is 16.3. The monoisotopic (exact) mass is 388 g/mol. The van der Waals surface area contributed by atoms with Gasteiger partial charge in [0.05, 0.1) is 14.2 Å². The molecule has 0 atom stereocenters. The van der Waals surface area contributed by atoms with Crippen LogP contribution in [0.25, 0.3) is 16.9 Å². The predicted octanol–water partition coefficient (Wildman–Crippen LogP) is 3.97. The molecule has 0 unspecified atom stereocenters. The van der Waals surface area contributed by atoms with E-state index in [1.165, 1.54) is 5.56 Å². The SMILES string of the molecule is COc1ccc(NC(=O)c2cn3ccnc(-c4ccc(C)cc4)c3n2)cc1OC. The van der Waals surface area contributed by atoms with E-state index in [9.17, 15) is 4.79 Å². The van der Waals surface area contributed by atoms with E-state index in [1.807, 2.05) is 31.2 Å². The van der Waals surface area contributed by atoms with E-state index in [4.69, 9.17) is 9.47 Å². The molecule has 2 aromatic carbocycles. The van der Waals surface area contributed by atoms with Crippen molar-refractivity contribution >= 4 is 17.2 Å². The number of carbonyl (C=O) groups is 1. The number of fused-ring (bicyclic) bond motifs is 1. The molecule has 4 rings (SSSR count). The molecule has 2 heterocycles. The number of aromatic nitrogens is 3. The van der Waals surface area contributed by atoms with Crippen molar-refractivity contribution in [3.05, 3.63) is 72.3 Å². The van der Waals surface area contributed by atoms with Crippen molar-refractivity contribution in [1.29, 1.82) is 0 Å². The number of imidazole rings is 1. The number of hydrogen-bond acceptors (Lipinski definition) is 5. The van der Waals surface area contributed by atoms with Crippen molar-refractivity contribution in [3.63, 3.8) is 0 Å². The van der Waals surface area contributed by atoms with Gasteiger partial charge in [-0.3, -0.25) is 9.78 Å². The van der Waals surface area contributed by atoms with Crippen molar-refractivity contribution < 1.29 is 14.3 Å². The van der Waals surface area contributed by atoms with Crippen molar-refractivity contribution in [3.8, 4) is 22.8 Å². The van der Waals surface area contributed by atoms with E-state index in [0.29, 0.717) is 28.5 Å². The normalized spacial score (nSPS) is 10.7. The highest BCUT2D eigenvalue weighted by atomic mass is 16.5. The van der Waals surface area contributed by atoms with Crippen molar-refractivity contribution in [2.45, 2.75) is 6.92 Å². The van der Waals surface area contributed by atoms with Crippen LogP contribution in [0.15, 0.2) is 61.1 Å². The van der Waals surface area contributed by atoms with Crippen LogP contribution in [0.3, 0.4) is 0 Å². The lowest BCUT2D eigenvalue weighted by atomic mass is 10.1. The maximum Gasteiger partial charge on any atom is 0.275 e. The van der Waals surface area contributed by atoms with Crippen LogP contribution in [0.1, 0.15) is 16.1 Å². The maximum atomic E-state index is 12.8. The first-order valence-corrected chi connectivity index (χ1v) is 9.03. The van der Waals surface area contributed by atoms with Crippen molar-refractivity contribution in [2.75, 3.05) is 19.5 Å². The van der Waals surface area contributed by atoms with Gasteiger partial charge in [-0.05, 0) is 19.1 Å². The number of anilines is 1. The zero-order valence-electron chi connectivity index (χ0n) is 16.3. The van der Waals surface area contributed by atoms with Gasteiger partial charge in [-0.15, -0.1) is 0 Å². The summed E-state index contributed by atoms with van der Waals surface area (Å²) in [6, 6.07) is 13.2. The molecule has 0 spiro atoms. The molecule has 0 aliphatic rings. The summed E-state index contributed by atoms with van der Waals surface area (Å²) >= 11 is 0. The summed E-state index contributed by atoms with van der Waals surface area (Å²) in [7, 11) is 3.11. The molecule has 1 N–H and O–H groups in total. The Morgan fingerprint density at radius 1 is 1.03 bits per heavy atom. The topological polar surface area (TPSA) is 77.8 Å². The Morgan fingerprint density at radius 3 is 2.52 bits per heavy atom. The van der Waals surface area contributed by atoms with E-state index in [1.54, 1.807) is 55.4 Å². The van der Waals surface area contributed by atoms with E-state index < -0.39 is 0 Å². The summed E-state index contributed by atoms with van der Waals surface area (Å²) in [6.45, 7) is 2.03. The van der Waals surface area contributed by atoms with E-state index >= 15 is 0 Å². The molecule has 7 nitrogen and oxygen atoms in total. The van der Waals surface area contributed by atoms with Crippen LogP contribution >= 0.6 is 0 Å². The molecule has 0 saturated heterocycles. The fourth-order valence-electron chi connectivity index (χ4n) is 3.05. The van der Waals surface area contributed by atoms with Crippen LogP contribution in [0, 0.1) is 6.92 Å². The third kappa shape index (κ3) is 3.62. The summed E-state index contributed by atoms with van der Waals surface area (Å²) < 4.78 is 12.3. The lowest BCUT2D eigenvalue weighted by Gasteiger charge is -2.09. The van der Waals surface area contributed by atoms with Crippen LogP contribution in [-0.2, 0) is 0 Å². The van der Waals surface area contributed by atoms with Gasteiger partial charge in [0.15, 0.2) is 17.1 Å². The highest BCUT2D eigenvalue weighted by Gasteiger charge is 2.15. The van der Waals surface area contributed by atoms with Crippen LogP contribution < -0.4 is 14.8 Å². The van der Waals surface area contributed by atoms with E-state index in [-0.39, 0.29) is 5.91 Å². The molecule has 0 bridgehead atoms. The predicted molar refractivity (Wildman–Crippen MR) is 111 cm³/mol. The highest BCUT2D eigenvalue weighted by molar-refractivity contribution is 6.03. The Balaban J connectivity index is 1.65. The standard InChI is InChI=1S/C22H20N4O3/c1-14-4-6-15(7-5-14)20-21-25-17(13-26(21)11-10-23-20)22(27)24-16-8-9-18(28-2)19(12-16)29-3/h4-13H,1-3H3,(H,24,27). The molecule has 7 heteroatoms. The second-order valence-corrected chi connectivity index (χ2v) is 6.52. The maximum absolute atomic E-state index is 12.8. The zero-order chi connectivity index (χ0) is 20.4. The van der Waals surface area contributed by atoms with Gasteiger partial charge in [0.25, 0.3) is 5.91 Å². The first kappa shape index (κ1) is 18.5. The largest absolute Gasteiger partial charge is 0.493 e. The fraction of sp³-hybridized carbons (Fsp3) is 0.136. The highest BCUT2D eigenvalue weighted by Crippen LogP contribution is 2.30. The molecule has 0 saturated carbocycles. The molecule has 0 fully saturated rings. The summed E-state index contributed by atoms with van der Waals surface area (Å²) in [6.07, 6.45) is 5.15. The minimum atomic E-state index is -0.323. The molecule has 0 radical (unpaired) electrons. The second kappa shape index (κ2) is 7.63. The number of amides is 1. The number of aryl methyl sites for hydroxylation is 1. The Labute approximate surface area is 168 Å². The van der Waals surface area contributed by atoms with Crippen molar-refractivity contribution in [2.24, 2.45) is 0 Å². The molecule has 0 aliphatic carbocycles. The van der Waals surface area contributed by atoms with Gasteiger partial charge in [-0.25, -0.2) is 4.98 Å². The van der Waals surface area contributed by atoms with Gasteiger partial charge in [-0.1, -0.05) is 29.8 Å². The molecule has 29 heavy (non-hydrogen) atoms. The average molecular weight is 388 g/mol. The molecule has 146 valence electrons. The Hall–Kier alpha value is -3.87. The Kier molecular flexibility index (Phi) is 4.87. The number of ether oxygens (including phenoxy) is 2. The average Bonchev–Trinajstić information content (AvgIpc) is 3.19. The van der Waals surface area contributed by atoms with Gasteiger partial charge in [0, 0.05) is 35.9 Å². The molecule has 4 aromatic rings. The van der Waals surface area contributed by atoms with Crippen molar-refractivity contribution in [1.82, 2.24) is 14.4 Å². The Bertz CT molecular complexity index is 1180. The molecular formula is C22H20N4O3. The van der Waals surface area contributed by atoms with Gasteiger partial charge in [0.1, 0.15) is 11.4 Å². The van der Waals surface area contributed by atoms with Gasteiger partial charge in [0.2, 0.25) is 0 Å². The van der Waals surface area contributed by atoms with Crippen LogP contribution in [-0.4, -0.2) is 34.5 Å². The smallest absolute Gasteiger partial charge is 0.275 e. The molecule has 2 aromatic heterocycles. The fourth-order valence-corrected chi connectivity index (χ4v) is 3.05. The number of rotatable bonds is 5. The first-order chi connectivity index (χ1) is 14.1. The number of nitrogens with zero attached hydrogens (tertiary/aromatic N) is 3. The quantitative estimate of drug-likeness (QED) is 0.560. The van der Waals surface area contributed by atoms with Gasteiger partial charge < -0.3 is 19.2 Å². The lowest BCUT2D eigenvalue weighted by Crippen LogP contribution is -2.12. The summed E-state index contributed by atoms with van der Waals surface area (Å²) in [4.78, 5) is 21.7. The van der Waals surface area contributed by atoms with E-state index in [2.05, 4.69) is 15.3 Å². The summed E-state index contributed by atoms with van der Waals surface area (Å²) in [5, 5.41) is 2.84. The summed E-state index contributed by atoms with van der Waals surface area (Å²) in [5.74, 6) is 0.800. The third-order valence-electron chi connectivity index (χ3n) is 4.57. The second-order valence-electron chi connectivity index (χ2n) is 6.52. The van der Waals surface area contributed by atoms with Crippen LogP contribution in [0.2, 0.25) is 0 Å². The minimum absolute atomic E-state index is 0.293. The molecule has 1 amide bonds. The number of carbonyl (C=O) groups excluding carboxylic acids is 1. The van der Waals surface area contributed by atoms with Gasteiger partial charge in [-0.2, -0.15) is 0 Å². The minimum Gasteiger partial charge on any atom is -0.493 e. The lowest BCUT2D eigenvalue weighted by molar-refractivity contribution is 0.102. The first-order valence-electron chi connectivity index (χ1n) is 9.03. The Morgan fingerprint density at radius 2 is 1.79 bits per heavy atom. The molecule has 0 aliphatic heterocycles. The number of benzene rings is 2.